The van der Waals surface area contributed by atoms with Gasteiger partial charge in [0.25, 0.3) is 0 Å². The molecule has 0 spiro atoms. The molecule has 4 rings (SSSR count). The van der Waals surface area contributed by atoms with Crippen molar-refractivity contribution in [2.75, 3.05) is 19.8 Å². The summed E-state index contributed by atoms with van der Waals surface area (Å²) in [5, 5.41) is 21.6. The van der Waals surface area contributed by atoms with Gasteiger partial charge < -0.3 is 9.47 Å². The number of nitro groups is 1. The molecule has 1 aliphatic rings. The zero-order valence-electron chi connectivity index (χ0n) is 17.6. The first kappa shape index (κ1) is 21.4. The summed E-state index contributed by atoms with van der Waals surface area (Å²) >= 11 is 5.91. The van der Waals surface area contributed by atoms with Crippen LogP contribution in [0.15, 0.2) is 6.20 Å². The normalized spacial score (nSPS) is 19.1. The first-order valence-electron chi connectivity index (χ1n) is 10.2. The van der Waals surface area contributed by atoms with Crippen LogP contribution >= 0.6 is 11.6 Å². The van der Waals surface area contributed by atoms with Gasteiger partial charge >= 0.3 is 11.6 Å². The van der Waals surface area contributed by atoms with Crippen LogP contribution in [-0.2, 0) is 11.3 Å². The molecule has 11 nitrogen and oxygen atoms in total. The maximum Gasteiger partial charge on any atom is 0.352 e. The summed E-state index contributed by atoms with van der Waals surface area (Å²) in [6, 6.07) is 0.0487. The third-order valence-electron chi connectivity index (χ3n) is 5.58. The largest absolute Gasteiger partial charge is 0.472 e. The molecule has 0 aromatic carbocycles. The fraction of sp³-hybridized carbons (Fsp3) is 0.579. The lowest BCUT2D eigenvalue weighted by Crippen LogP contribution is -2.29. The topological polar surface area (TPSA) is 123 Å². The van der Waals surface area contributed by atoms with Crippen molar-refractivity contribution in [2.24, 2.45) is 5.92 Å². The van der Waals surface area contributed by atoms with E-state index in [9.17, 15) is 10.1 Å². The van der Waals surface area contributed by atoms with Gasteiger partial charge in [-0.2, -0.15) is 10.1 Å². The third kappa shape index (κ3) is 4.19. The minimum Gasteiger partial charge on any atom is -0.472 e. The first-order valence-corrected chi connectivity index (χ1v) is 10.5. The Kier molecular flexibility index (Phi) is 6.05. The minimum absolute atomic E-state index is 0.0487. The molecule has 0 amide bonds. The van der Waals surface area contributed by atoms with E-state index in [0.717, 1.165) is 17.5 Å². The van der Waals surface area contributed by atoms with Crippen LogP contribution in [0.25, 0.3) is 11.0 Å². The molecule has 12 heteroatoms. The van der Waals surface area contributed by atoms with Gasteiger partial charge in [0.1, 0.15) is 5.69 Å². The molecule has 0 radical (unpaired) electrons. The predicted molar refractivity (Wildman–Crippen MR) is 112 cm³/mol. The molecule has 1 fully saturated rings. The molecule has 4 heterocycles. The number of hydrogen-bond acceptors (Lipinski definition) is 8. The molecule has 1 saturated heterocycles. The molecule has 0 aliphatic carbocycles. The molecule has 0 saturated carbocycles. The average Bonchev–Trinajstić information content (AvgIpc) is 3.22. The van der Waals surface area contributed by atoms with Crippen LogP contribution < -0.4 is 4.74 Å². The van der Waals surface area contributed by atoms with Crippen LogP contribution in [-0.4, -0.2) is 54.3 Å². The fourth-order valence-corrected chi connectivity index (χ4v) is 4.10. The number of aryl methyl sites for hydroxylation is 2. The molecule has 2 atom stereocenters. The van der Waals surface area contributed by atoms with Gasteiger partial charge in [-0.05, 0) is 31.9 Å². The van der Waals surface area contributed by atoms with E-state index >= 15 is 0 Å². The van der Waals surface area contributed by atoms with E-state index < -0.39 is 4.92 Å². The maximum absolute atomic E-state index is 11.7. The Morgan fingerprint density at radius 1 is 1.39 bits per heavy atom. The van der Waals surface area contributed by atoms with E-state index in [4.69, 9.17) is 21.1 Å². The molecule has 0 bridgehead atoms. The quantitative estimate of drug-likeness (QED) is 0.233. The van der Waals surface area contributed by atoms with Gasteiger partial charge in [-0.25, -0.2) is 9.67 Å². The van der Waals surface area contributed by atoms with E-state index in [-0.39, 0.29) is 35.4 Å². The lowest BCUT2D eigenvalue weighted by molar-refractivity contribution is -0.386. The predicted octanol–water partition coefficient (Wildman–Crippen LogP) is 3.27. The number of fused-ring (bicyclic) bond motifs is 1. The zero-order chi connectivity index (χ0) is 22.1. The lowest BCUT2D eigenvalue weighted by atomic mass is 9.98. The van der Waals surface area contributed by atoms with Gasteiger partial charge in [-0.3, -0.25) is 14.8 Å². The summed E-state index contributed by atoms with van der Waals surface area (Å²) in [5.74, 6) is 0.262. The lowest BCUT2D eigenvalue weighted by Gasteiger charge is -2.29. The molecule has 3 aromatic rings. The van der Waals surface area contributed by atoms with Crippen molar-refractivity contribution in [3.8, 4) is 5.88 Å². The Bertz CT molecular complexity index is 1110. The highest BCUT2D eigenvalue weighted by Gasteiger charge is 2.33. The van der Waals surface area contributed by atoms with Crippen molar-refractivity contribution in [3.63, 3.8) is 0 Å². The van der Waals surface area contributed by atoms with E-state index in [2.05, 4.69) is 27.1 Å². The van der Waals surface area contributed by atoms with Gasteiger partial charge in [0.05, 0.1) is 35.3 Å². The Hall–Kier alpha value is -2.79. The zero-order valence-corrected chi connectivity index (χ0v) is 18.4. The maximum atomic E-state index is 11.7. The number of halogens is 1. The molecule has 3 aromatic heterocycles. The monoisotopic (exact) mass is 449 g/mol. The van der Waals surface area contributed by atoms with Crippen molar-refractivity contribution in [1.82, 2.24) is 29.5 Å². The van der Waals surface area contributed by atoms with E-state index in [1.807, 2.05) is 6.92 Å². The Balaban J connectivity index is 1.47. The smallest absolute Gasteiger partial charge is 0.352 e. The van der Waals surface area contributed by atoms with Gasteiger partial charge in [0.2, 0.25) is 5.28 Å². The van der Waals surface area contributed by atoms with E-state index in [1.54, 1.807) is 22.5 Å². The van der Waals surface area contributed by atoms with E-state index in [0.29, 0.717) is 37.5 Å². The van der Waals surface area contributed by atoms with Crippen LogP contribution in [0.1, 0.15) is 37.2 Å². The molecule has 2 unspecified atom stereocenters. The van der Waals surface area contributed by atoms with Crippen LogP contribution in [0.2, 0.25) is 5.28 Å². The SMILES string of the molecule is Cc1nn(CCCOc2nn(C3CCOCC3C)c(C)c2[N+](=O)[O-])c2nc(Cl)ncc12. The van der Waals surface area contributed by atoms with Crippen molar-refractivity contribution >= 4 is 28.3 Å². The number of hydrogen-bond donors (Lipinski definition) is 0. The van der Waals surface area contributed by atoms with Gasteiger partial charge in [-0.1, -0.05) is 6.92 Å². The van der Waals surface area contributed by atoms with Crippen molar-refractivity contribution in [3.05, 3.63) is 33.0 Å². The first-order chi connectivity index (χ1) is 14.9. The Labute approximate surface area is 183 Å². The summed E-state index contributed by atoms with van der Waals surface area (Å²) in [6.45, 7) is 7.64. The average molecular weight is 450 g/mol. The summed E-state index contributed by atoms with van der Waals surface area (Å²) < 4.78 is 14.7. The Morgan fingerprint density at radius 3 is 2.94 bits per heavy atom. The highest BCUT2D eigenvalue weighted by molar-refractivity contribution is 6.28. The fourth-order valence-electron chi connectivity index (χ4n) is 3.97. The van der Waals surface area contributed by atoms with Crippen molar-refractivity contribution < 1.29 is 14.4 Å². The molecular formula is C19H24ClN7O4. The van der Waals surface area contributed by atoms with Crippen LogP contribution in [0, 0.1) is 29.9 Å². The minimum atomic E-state index is -0.429. The standard InChI is InChI=1S/C19H24ClN7O4/c1-11-10-30-8-5-15(11)26-13(3)16(27(28)29)18(24-26)31-7-4-6-25-17-14(12(2)23-25)9-21-19(20)22-17/h9,11,15H,4-8,10H2,1-3H3. The number of ether oxygens (including phenoxy) is 2. The highest BCUT2D eigenvalue weighted by Crippen LogP contribution is 2.35. The highest BCUT2D eigenvalue weighted by atomic mass is 35.5. The van der Waals surface area contributed by atoms with Gasteiger partial charge in [-0.15, -0.1) is 5.10 Å². The molecule has 0 N–H and O–H groups in total. The van der Waals surface area contributed by atoms with E-state index in [1.165, 1.54) is 0 Å². The summed E-state index contributed by atoms with van der Waals surface area (Å²) in [5.41, 5.74) is 1.87. The van der Waals surface area contributed by atoms with Crippen LogP contribution in [0.3, 0.4) is 0 Å². The molecule has 166 valence electrons. The van der Waals surface area contributed by atoms with Gasteiger partial charge in [0.15, 0.2) is 5.65 Å². The van der Waals surface area contributed by atoms with Gasteiger partial charge in [0, 0.05) is 31.7 Å². The van der Waals surface area contributed by atoms with Crippen LogP contribution in [0.5, 0.6) is 5.88 Å². The molecular weight excluding hydrogens is 426 g/mol. The third-order valence-corrected chi connectivity index (χ3v) is 5.76. The summed E-state index contributed by atoms with van der Waals surface area (Å²) in [6.07, 6.45) is 2.97. The number of aromatic nitrogens is 6. The number of nitrogens with zero attached hydrogens (tertiary/aromatic N) is 7. The van der Waals surface area contributed by atoms with Crippen molar-refractivity contribution in [1.29, 1.82) is 0 Å². The second-order valence-electron chi connectivity index (χ2n) is 7.74. The number of rotatable bonds is 7. The second-order valence-corrected chi connectivity index (χ2v) is 8.07. The Morgan fingerprint density at radius 2 is 2.19 bits per heavy atom. The molecule has 1 aliphatic heterocycles. The second kappa shape index (κ2) is 8.75. The van der Waals surface area contributed by atoms with Crippen LogP contribution in [0.4, 0.5) is 5.69 Å². The molecule has 31 heavy (non-hydrogen) atoms. The summed E-state index contributed by atoms with van der Waals surface area (Å²) in [7, 11) is 0. The summed E-state index contributed by atoms with van der Waals surface area (Å²) in [4.78, 5) is 19.5. The van der Waals surface area contributed by atoms with Crippen molar-refractivity contribution in [2.45, 2.75) is 46.2 Å².